The third-order valence-corrected chi connectivity index (χ3v) is 9.59. The molecule has 1 N–H and O–H groups in total. The summed E-state index contributed by atoms with van der Waals surface area (Å²) in [4.78, 5) is 26.1. The molecule has 1 aliphatic rings. The number of fused-ring (bicyclic) bond motifs is 1. The van der Waals surface area contributed by atoms with E-state index in [4.69, 9.17) is 4.74 Å². The fourth-order valence-corrected chi connectivity index (χ4v) is 6.93. The number of sulfonamides is 1. The zero-order valence-electron chi connectivity index (χ0n) is 20.3. The lowest BCUT2D eigenvalue weighted by Crippen LogP contribution is -2.21. The predicted octanol–water partition coefficient (Wildman–Crippen LogP) is 4.37. The van der Waals surface area contributed by atoms with E-state index in [1.54, 1.807) is 49.0 Å². The van der Waals surface area contributed by atoms with E-state index in [-0.39, 0.29) is 21.3 Å². The Morgan fingerprint density at radius 1 is 1.17 bits per heavy atom. The van der Waals surface area contributed by atoms with Crippen LogP contribution in [0.5, 0.6) is 5.88 Å². The highest BCUT2D eigenvalue weighted by Gasteiger charge is 2.23. The zero-order valence-corrected chi connectivity index (χ0v) is 21.9. The standard InChI is InChI=1S/C25H27N5O4S2/c1-15-25(35-16(2)28-15)36(32,33)29-21-11-20(13-27-23(21)34-3)19-9-10-22-26-12-18(24(31)30(22)14-19)8-7-17-5-4-6-17/h9-14,17,29H,4-8H2,1-3H3. The van der Waals surface area contributed by atoms with Crippen LogP contribution >= 0.6 is 11.3 Å². The molecule has 0 aromatic carbocycles. The largest absolute Gasteiger partial charge is 0.480 e. The summed E-state index contributed by atoms with van der Waals surface area (Å²) in [5.74, 6) is 0.848. The minimum absolute atomic E-state index is 0.0837. The molecule has 1 aliphatic carbocycles. The fraction of sp³-hybridized carbons (Fsp3) is 0.360. The molecule has 0 bridgehead atoms. The molecule has 1 saturated carbocycles. The van der Waals surface area contributed by atoms with Crippen LogP contribution in [0.4, 0.5) is 5.69 Å². The van der Waals surface area contributed by atoms with E-state index in [0.29, 0.717) is 39.0 Å². The summed E-state index contributed by atoms with van der Waals surface area (Å²) in [5, 5.41) is 0.661. The van der Waals surface area contributed by atoms with Crippen LogP contribution in [0.15, 0.2) is 45.8 Å². The van der Waals surface area contributed by atoms with Crippen molar-refractivity contribution in [3.63, 3.8) is 0 Å². The van der Waals surface area contributed by atoms with Gasteiger partial charge in [-0.25, -0.2) is 23.4 Å². The molecule has 0 aliphatic heterocycles. The summed E-state index contributed by atoms with van der Waals surface area (Å²) < 4.78 is 35.7. The summed E-state index contributed by atoms with van der Waals surface area (Å²) in [6.45, 7) is 3.42. The lowest BCUT2D eigenvalue weighted by Gasteiger charge is -2.24. The third-order valence-electron chi connectivity index (χ3n) is 6.55. The van der Waals surface area contributed by atoms with Crippen LogP contribution in [0.1, 0.15) is 41.9 Å². The zero-order chi connectivity index (χ0) is 25.4. The van der Waals surface area contributed by atoms with E-state index in [1.807, 2.05) is 6.07 Å². The molecule has 4 aromatic rings. The Hall–Kier alpha value is -3.31. The minimum atomic E-state index is -3.89. The van der Waals surface area contributed by atoms with Gasteiger partial charge in [0.15, 0.2) is 4.21 Å². The van der Waals surface area contributed by atoms with Crippen molar-refractivity contribution in [3.05, 3.63) is 63.4 Å². The first-order valence-electron chi connectivity index (χ1n) is 11.8. The van der Waals surface area contributed by atoms with E-state index >= 15 is 0 Å². The van der Waals surface area contributed by atoms with E-state index in [1.165, 1.54) is 26.4 Å². The summed E-state index contributed by atoms with van der Waals surface area (Å²) in [6, 6.07) is 5.24. The number of hydrogen-bond acceptors (Lipinski definition) is 8. The Labute approximate surface area is 213 Å². The molecule has 0 amide bonds. The normalized spacial score (nSPS) is 14.1. The Morgan fingerprint density at radius 3 is 2.64 bits per heavy atom. The van der Waals surface area contributed by atoms with E-state index in [2.05, 4.69) is 19.7 Å². The summed E-state index contributed by atoms with van der Waals surface area (Å²) >= 11 is 1.10. The van der Waals surface area contributed by atoms with Crippen LogP contribution in [0.3, 0.4) is 0 Å². The Balaban J connectivity index is 1.49. The molecule has 0 saturated heterocycles. The summed E-state index contributed by atoms with van der Waals surface area (Å²) in [7, 11) is -2.47. The quantitative estimate of drug-likeness (QED) is 0.363. The maximum absolute atomic E-state index is 13.2. The molecular weight excluding hydrogens is 498 g/mol. The number of ether oxygens (including phenoxy) is 1. The average molecular weight is 526 g/mol. The first kappa shape index (κ1) is 24.4. The Kier molecular flexibility index (Phi) is 6.52. The van der Waals surface area contributed by atoms with Gasteiger partial charge >= 0.3 is 0 Å². The molecule has 11 heteroatoms. The van der Waals surface area contributed by atoms with Crippen molar-refractivity contribution in [3.8, 4) is 17.0 Å². The molecule has 36 heavy (non-hydrogen) atoms. The number of rotatable bonds is 8. The first-order valence-corrected chi connectivity index (χ1v) is 14.1. The van der Waals surface area contributed by atoms with Crippen molar-refractivity contribution in [1.82, 2.24) is 19.4 Å². The number of aryl methyl sites for hydroxylation is 3. The van der Waals surface area contributed by atoms with Crippen LogP contribution in [-0.4, -0.2) is 34.9 Å². The molecule has 9 nitrogen and oxygen atoms in total. The van der Waals surface area contributed by atoms with Crippen molar-refractivity contribution in [2.75, 3.05) is 11.8 Å². The van der Waals surface area contributed by atoms with Crippen LogP contribution < -0.4 is 15.0 Å². The van der Waals surface area contributed by atoms with Gasteiger partial charge in [-0.05, 0) is 50.8 Å². The number of nitrogens with zero attached hydrogens (tertiary/aromatic N) is 4. The maximum Gasteiger partial charge on any atom is 0.273 e. The number of nitrogens with one attached hydrogen (secondary N) is 1. The number of pyridine rings is 2. The van der Waals surface area contributed by atoms with Gasteiger partial charge < -0.3 is 4.74 Å². The molecule has 188 valence electrons. The van der Waals surface area contributed by atoms with Gasteiger partial charge in [0.2, 0.25) is 5.88 Å². The molecule has 1 fully saturated rings. The van der Waals surface area contributed by atoms with Crippen LogP contribution in [-0.2, 0) is 16.4 Å². The van der Waals surface area contributed by atoms with Gasteiger partial charge in [-0.2, -0.15) is 0 Å². The molecule has 4 aromatic heterocycles. The molecule has 0 unspecified atom stereocenters. The molecule has 0 spiro atoms. The fourth-order valence-electron chi connectivity index (χ4n) is 4.40. The number of thiazole rings is 1. The van der Waals surface area contributed by atoms with Crippen molar-refractivity contribution >= 4 is 32.7 Å². The molecule has 4 heterocycles. The third kappa shape index (κ3) is 4.72. The highest BCUT2D eigenvalue weighted by molar-refractivity contribution is 7.94. The molecular formula is C25H27N5O4S2. The number of aromatic nitrogens is 4. The second-order valence-electron chi connectivity index (χ2n) is 9.06. The van der Waals surface area contributed by atoms with Gasteiger partial charge in [0, 0.05) is 35.3 Å². The van der Waals surface area contributed by atoms with Gasteiger partial charge in [0.25, 0.3) is 15.6 Å². The summed E-state index contributed by atoms with van der Waals surface area (Å²) in [5.41, 5.74) is 3.12. The topological polar surface area (TPSA) is 116 Å². The average Bonchev–Trinajstić information content (AvgIpc) is 3.18. The molecule has 0 radical (unpaired) electrons. The van der Waals surface area contributed by atoms with Crippen molar-refractivity contribution in [2.24, 2.45) is 5.92 Å². The number of anilines is 1. The number of hydrogen-bond donors (Lipinski definition) is 1. The lowest BCUT2D eigenvalue weighted by atomic mass is 9.81. The molecule has 5 rings (SSSR count). The molecule has 0 atom stereocenters. The monoisotopic (exact) mass is 525 g/mol. The SMILES string of the molecule is COc1ncc(-c2ccc3ncc(CCC4CCC4)c(=O)n3c2)cc1NS(=O)(=O)c1sc(C)nc1C. The Morgan fingerprint density at radius 2 is 1.97 bits per heavy atom. The van der Waals surface area contributed by atoms with Gasteiger partial charge in [0.1, 0.15) is 11.3 Å². The highest BCUT2D eigenvalue weighted by atomic mass is 32.2. The van der Waals surface area contributed by atoms with Crippen molar-refractivity contribution in [1.29, 1.82) is 0 Å². The summed E-state index contributed by atoms with van der Waals surface area (Å²) in [6.07, 6.45) is 10.5. The van der Waals surface area contributed by atoms with Crippen molar-refractivity contribution in [2.45, 2.75) is 50.2 Å². The van der Waals surface area contributed by atoms with Gasteiger partial charge in [-0.3, -0.25) is 13.9 Å². The second-order valence-corrected chi connectivity index (χ2v) is 12.1. The minimum Gasteiger partial charge on any atom is -0.480 e. The van der Waals surface area contributed by atoms with Crippen LogP contribution in [0, 0.1) is 19.8 Å². The van der Waals surface area contributed by atoms with Gasteiger partial charge in [-0.15, -0.1) is 11.3 Å². The smallest absolute Gasteiger partial charge is 0.273 e. The van der Waals surface area contributed by atoms with Gasteiger partial charge in [0.05, 0.1) is 17.8 Å². The second kappa shape index (κ2) is 9.62. The Bertz CT molecular complexity index is 1610. The number of methoxy groups -OCH3 is 1. The van der Waals surface area contributed by atoms with Crippen molar-refractivity contribution < 1.29 is 13.2 Å². The van der Waals surface area contributed by atoms with Crippen LogP contribution in [0.25, 0.3) is 16.8 Å². The van der Waals surface area contributed by atoms with E-state index < -0.39 is 10.0 Å². The van der Waals surface area contributed by atoms with E-state index in [9.17, 15) is 13.2 Å². The maximum atomic E-state index is 13.2. The predicted molar refractivity (Wildman–Crippen MR) is 139 cm³/mol. The van der Waals surface area contributed by atoms with Gasteiger partial charge in [-0.1, -0.05) is 19.3 Å². The lowest BCUT2D eigenvalue weighted by molar-refractivity contribution is 0.296. The first-order chi connectivity index (χ1) is 17.2. The highest BCUT2D eigenvalue weighted by Crippen LogP contribution is 2.32. The van der Waals surface area contributed by atoms with E-state index in [0.717, 1.165) is 24.2 Å². The van der Waals surface area contributed by atoms with Crippen LogP contribution in [0.2, 0.25) is 0 Å².